The lowest BCUT2D eigenvalue weighted by atomic mass is 10.2. The van der Waals surface area contributed by atoms with Crippen LogP contribution >= 0.6 is 0 Å². The molecule has 6 heteroatoms. The average Bonchev–Trinajstić information content (AvgIpc) is 2.83. The Morgan fingerprint density at radius 3 is 3.06 bits per heavy atom. The molecule has 16 heavy (non-hydrogen) atoms. The molecule has 0 amide bonds. The molecule has 1 N–H and O–H groups in total. The van der Waals surface area contributed by atoms with Crippen LogP contribution in [0.15, 0.2) is 0 Å². The zero-order valence-corrected chi connectivity index (χ0v) is 9.22. The normalized spacial score (nSPS) is 20.2. The standard InChI is InChI=1S/C10H15N3O3/c1-7-11-12-10(8-3-2-6-16-8)13(7)5-4-9(14)15/h8H,2-6H2,1H3,(H,14,15). The summed E-state index contributed by atoms with van der Waals surface area (Å²) in [5.74, 6) is 0.689. The zero-order valence-electron chi connectivity index (χ0n) is 9.22. The maximum absolute atomic E-state index is 10.6. The minimum Gasteiger partial charge on any atom is -0.481 e. The van der Waals surface area contributed by atoms with Crippen molar-refractivity contribution in [2.45, 2.75) is 38.8 Å². The van der Waals surface area contributed by atoms with E-state index in [4.69, 9.17) is 9.84 Å². The molecule has 2 rings (SSSR count). The lowest BCUT2D eigenvalue weighted by Gasteiger charge is -2.11. The van der Waals surface area contributed by atoms with Gasteiger partial charge in [0, 0.05) is 13.2 Å². The number of carboxylic acid groups (broad SMARTS) is 1. The summed E-state index contributed by atoms with van der Waals surface area (Å²) in [6, 6.07) is 0. The van der Waals surface area contributed by atoms with Crippen LogP contribution in [0, 0.1) is 6.92 Å². The van der Waals surface area contributed by atoms with Gasteiger partial charge in [-0.3, -0.25) is 4.79 Å². The highest BCUT2D eigenvalue weighted by Gasteiger charge is 2.24. The van der Waals surface area contributed by atoms with Crippen molar-refractivity contribution in [1.82, 2.24) is 14.8 Å². The predicted octanol–water partition coefficient (Wildman–Crippen LogP) is 0.913. The summed E-state index contributed by atoms with van der Waals surface area (Å²) in [5.41, 5.74) is 0. The molecule has 1 saturated heterocycles. The first-order valence-corrected chi connectivity index (χ1v) is 5.41. The third kappa shape index (κ3) is 2.21. The van der Waals surface area contributed by atoms with E-state index in [0.717, 1.165) is 31.1 Å². The fourth-order valence-corrected chi connectivity index (χ4v) is 1.90. The molecule has 1 aliphatic heterocycles. The molecule has 88 valence electrons. The van der Waals surface area contributed by atoms with Crippen LogP contribution in [0.4, 0.5) is 0 Å². The smallest absolute Gasteiger partial charge is 0.305 e. The average molecular weight is 225 g/mol. The molecule has 1 unspecified atom stereocenters. The molecular weight excluding hydrogens is 210 g/mol. The molecule has 1 atom stereocenters. The highest BCUT2D eigenvalue weighted by atomic mass is 16.5. The molecule has 1 aliphatic rings. The van der Waals surface area contributed by atoms with Gasteiger partial charge in [-0.05, 0) is 19.8 Å². The Kier molecular flexibility index (Phi) is 3.19. The summed E-state index contributed by atoms with van der Waals surface area (Å²) >= 11 is 0. The topological polar surface area (TPSA) is 77.2 Å². The number of hydrogen-bond acceptors (Lipinski definition) is 4. The Morgan fingerprint density at radius 2 is 2.44 bits per heavy atom. The van der Waals surface area contributed by atoms with Crippen molar-refractivity contribution in [3.63, 3.8) is 0 Å². The Hall–Kier alpha value is -1.43. The SMILES string of the molecule is Cc1nnc(C2CCCO2)n1CCC(=O)O. The molecule has 0 aromatic carbocycles. The molecule has 2 heterocycles. The highest BCUT2D eigenvalue weighted by molar-refractivity contribution is 5.66. The lowest BCUT2D eigenvalue weighted by molar-refractivity contribution is -0.137. The molecule has 0 aliphatic carbocycles. The molecule has 6 nitrogen and oxygen atoms in total. The second-order valence-electron chi connectivity index (χ2n) is 3.90. The van der Waals surface area contributed by atoms with Gasteiger partial charge in [0.2, 0.25) is 0 Å². The maximum atomic E-state index is 10.6. The Bertz CT molecular complexity index is 383. The van der Waals surface area contributed by atoms with Crippen molar-refractivity contribution in [1.29, 1.82) is 0 Å². The van der Waals surface area contributed by atoms with Gasteiger partial charge in [0.15, 0.2) is 5.82 Å². The fraction of sp³-hybridized carbons (Fsp3) is 0.700. The molecule has 0 spiro atoms. The van der Waals surface area contributed by atoms with Gasteiger partial charge < -0.3 is 14.4 Å². The minimum absolute atomic E-state index is 0.0185. The third-order valence-electron chi connectivity index (χ3n) is 2.73. The summed E-state index contributed by atoms with van der Waals surface area (Å²) in [6.45, 7) is 2.98. The van der Waals surface area contributed by atoms with Crippen molar-refractivity contribution in [3.05, 3.63) is 11.6 Å². The maximum Gasteiger partial charge on any atom is 0.305 e. The van der Waals surface area contributed by atoms with E-state index in [0.29, 0.717) is 6.54 Å². The number of aromatic nitrogens is 3. The van der Waals surface area contributed by atoms with E-state index in [1.807, 2.05) is 11.5 Å². The summed E-state index contributed by atoms with van der Waals surface area (Å²) < 4.78 is 7.37. The van der Waals surface area contributed by atoms with Crippen molar-refractivity contribution in [2.24, 2.45) is 0 Å². The number of aryl methyl sites for hydroxylation is 1. The van der Waals surface area contributed by atoms with Gasteiger partial charge >= 0.3 is 5.97 Å². The minimum atomic E-state index is -0.814. The van der Waals surface area contributed by atoms with Crippen molar-refractivity contribution in [3.8, 4) is 0 Å². The molecule has 0 saturated carbocycles. The number of carboxylic acids is 1. The van der Waals surface area contributed by atoms with Gasteiger partial charge in [-0.1, -0.05) is 0 Å². The van der Waals surface area contributed by atoms with Crippen LogP contribution in [0.2, 0.25) is 0 Å². The van der Waals surface area contributed by atoms with E-state index in [-0.39, 0.29) is 12.5 Å². The molecular formula is C10H15N3O3. The second-order valence-corrected chi connectivity index (χ2v) is 3.90. The number of nitrogens with zero attached hydrogens (tertiary/aromatic N) is 3. The molecule has 0 radical (unpaired) electrons. The van der Waals surface area contributed by atoms with Gasteiger partial charge in [0.05, 0.1) is 6.42 Å². The number of ether oxygens (including phenoxy) is 1. The van der Waals surface area contributed by atoms with E-state index in [1.54, 1.807) is 0 Å². The molecule has 1 fully saturated rings. The summed E-state index contributed by atoms with van der Waals surface area (Å²) in [5, 5.41) is 16.7. The van der Waals surface area contributed by atoms with Crippen LogP contribution in [0.3, 0.4) is 0 Å². The van der Waals surface area contributed by atoms with Crippen molar-refractivity contribution in [2.75, 3.05) is 6.61 Å². The van der Waals surface area contributed by atoms with E-state index in [2.05, 4.69) is 10.2 Å². The number of carbonyl (C=O) groups is 1. The van der Waals surface area contributed by atoms with Gasteiger partial charge in [-0.15, -0.1) is 10.2 Å². The largest absolute Gasteiger partial charge is 0.481 e. The number of hydrogen-bond donors (Lipinski definition) is 1. The van der Waals surface area contributed by atoms with Crippen molar-refractivity contribution >= 4 is 5.97 Å². The Labute approximate surface area is 93.2 Å². The predicted molar refractivity (Wildman–Crippen MR) is 54.9 cm³/mol. The van der Waals surface area contributed by atoms with Gasteiger partial charge in [0.1, 0.15) is 11.9 Å². The number of rotatable bonds is 4. The molecule has 1 aromatic rings. The number of aliphatic carboxylic acids is 1. The van der Waals surface area contributed by atoms with Crippen LogP contribution < -0.4 is 0 Å². The lowest BCUT2D eigenvalue weighted by Crippen LogP contribution is -2.12. The first kappa shape index (κ1) is 11.1. The highest BCUT2D eigenvalue weighted by Crippen LogP contribution is 2.27. The van der Waals surface area contributed by atoms with Crippen LogP contribution in [0.5, 0.6) is 0 Å². The van der Waals surface area contributed by atoms with E-state index in [9.17, 15) is 4.79 Å². The Morgan fingerprint density at radius 1 is 1.62 bits per heavy atom. The fourth-order valence-electron chi connectivity index (χ4n) is 1.90. The van der Waals surface area contributed by atoms with E-state index >= 15 is 0 Å². The van der Waals surface area contributed by atoms with Crippen LogP contribution in [-0.2, 0) is 16.1 Å². The van der Waals surface area contributed by atoms with Crippen LogP contribution in [-0.4, -0.2) is 32.4 Å². The molecule has 0 bridgehead atoms. The quantitative estimate of drug-likeness (QED) is 0.824. The second kappa shape index (κ2) is 4.61. The van der Waals surface area contributed by atoms with Gasteiger partial charge in [-0.2, -0.15) is 0 Å². The van der Waals surface area contributed by atoms with Gasteiger partial charge in [-0.25, -0.2) is 0 Å². The molecule has 1 aromatic heterocycles. The Balaban J connectivity index is 2.14. The first-order valence-electron chi connectivity index (χ1n) is 5.41. The van der Waals surface area contributed by atoms with Gasteiger partial charge in [0.25, 0.3) is 0 Å². The van der Waals surface area contributed by atoms with Crippen LogP contribution in [0.25, 0.3) is 0 Å². The van der Waals surface area contributed by atoms with E-state index < -0.39 is 5.97 Å². The summed E-state index contributed by atoms with van der Waals surface area (Å²) in [4.78, 5) is 10.6. The van der Waals surface area contributed by atoms with E-state index in [1.165, 1.54) is 0 Å². The third-order valence-corrected chi connectivity index (χ3v) is 2.73. The zero-order chi connectivity index (χ0) is 11.5. The summed E-state index contributed by atoms with van der Waals surface area (Å²) in [7, 11) is 0. The van der Waals surface area contributed by atoms with Crippen molar-refractivity contribution < 1.29 is 14.6 Å². The van der Waals surface area contributed by atoms with Crippen LogP contribution in [0.1, 0.15) is 37.0 Å². The monoisotopic (exact) mass is 225 g/mol. The summed E-state index contributed by atoms with van der Waals surface area (Å²) in [6.07, 6.45) is 2.02. The first-order chi connectivity index (χ1) is 7.68.